The molecular formula is C27H30F3N5O3. The second-order valence-corrected chi connectivity index (χ2v) is 10.2. The SMILES string of the molecule is CC(=O)N[C@H]1CC[C@H](NC(=O)c2c(C)[nH]c3c(-c4cc(C(F)F)ccc4OCC4CC4)ncnc23)C[C@@H]1F. The van der Waals surface area contributed by atoms with E-state index in [0.717, 1.165) is 12.8 Å². The second-order valence-electron chi connectivity index (χ2n) is 10.2. The minimum absolute atomic E-state index is 0.0838. The molecule has 5 rings (SSSR count). The number of alkyl halides is 3. The molecule has 0 saturated heterocycles. The van der Waals surface area contributed by atoms with E-state index < -0.39 is 30.6 Å². The molecule has 0 radical (unpaired) electrons. The summed E-state index contributed by atoms with van der Waals surface area (Å²) in [7, 11) is 0. The zero-order valence-electron chi connectivity index (χ0n) is 21.2. The van der Waals surface area contributed by atoms with E-state index >= 15 is 0 Å². The van der Waals surface area contributed by atoms with E-state index in [1.165, 1.54) is 31.5 Å². The summed E-state index contributed by atoms with van der Waals surface area (Å²) in [6.45, 7) is 3.56. The van der Waals surface area contributed by atoms with Gasteiger partial charge in [-0.2, -0.15) is 0 Å². The number of amides is 2. The number of carbonyl (C=O) groups excluding carboxylic acids is 2. The van der Waals surface area contributed by atoms with Crippen molar-refractivity contribution in [3.05, 3.63) is 41.3 Å². The van der Waals surface area contributed by atoms with Gasteiger partial charge in [-0.25, -0.2) is 23.1 Å². The third-order valence-corrected chi connectivity index (χ3v) is 7.18. The molecule has 2 aliphatic rings. The Morgan fingerprint density at radius 1 is 1.16 bits per heavy atom. The summed E-state index contributed by atoms with van der Waals surface area (Å²) in [5.74, 6) is 0.193. The van der Waals surface area contributed by atoms with Crippen molar-refractivity contribution in [3.8, 4) is 17.0 Å². The van der Waals surface area contributed by atoms with Crippen LogP contribution in [-0.2, 0) is 4.79 Å². The second kappa shape index (κ2) is 10.6. The Balaban J connectivity index is 1.43. The Hall–Kier alpha value is -3.63. The van der Waals surface area contributed by atoms with E-state index in [9.17, 15) is 22.8 Å². The number of aromatic amines is 1. The number of hydrogen-bond donors (Lipinski definition) is 3. The topological polar surface area (TPSA) is 109 Å². The third kappa shape index (κ3) is 5.46. The molecule has 0 unspecified atom stereocenters. The number of fused-ring (bicyclic) bond motifs is 1. The Kier molecular flexibility index (Phi) is 7.27. The molecule has 0 spiro atoms. The highest BCUT2D eigenvalue weighted by Crippen LogP contribution is 2.38. The van der Waals surface area contributed by atoms with E-state index in [1.807, 2.05) is 0 Å². The van der Waals surface area contributed by atoms with Crippen LogP contribution in [0.2, 0.25) is 0 Å². The number of H-pyrrole nitrogens is 1. The largest absolute Gasteiger partial charge is 0.493 e. The van der Waals surface area contributed by atoms with E-state index in [-0.39, 0.29) is 23.5 Å². The van der Waals surface area contributed by atoms with Crippen molar-refractivity contribution in [2.24, 2.45) is 5.92 Å². The maximum absolute atomic E-state index is 14.6. The van der Waals surface area contributed by atoms with Gasteiger partial charge in [0, 0.05) is 36.2 Å². The molecule has 2 saturated carbocycles. The summed E-state index contributed by atoms with van der Waals surface area (Å²) in [6, 6.07) is 3.26. The first kappa shape index (κ1) is 26.0. The Morgan fingerprint density at radius 3 is 2.63 bits per heavy atom. The van der Waals surface area contributed by atoms with Gasteiger partial charge < -0.3 is 20.4 Å². The normalized spacial score (nSPS) is 21.5. The lowest BCUT2D eigenvalue weighted by molar-refractivity contribution is -0.120. The van der Waals surface area contributed by atoms with Gasteiger partial charge >= 0.3 is 0 Å². The van der Waals surface area contributed by atoms with Crippen LogP contribution < -0.4 is 15.4 Å². The lowest BCUT2D eigenvalue weighted by atomic mass is 9.89. The summed E-state index contributed by atoms with van der Waals surface area (Å²) in [5.41, 5.74) is 2.15. The van der Waals surface area contributed by atoms with Crippen molar-refractivity contribution < 1.29 is 27.5 Å². The molecule has 1 aromatic carbocycles. The Labute approximate surface area is 217 Å². The van der Waals surface area contributed by atoms with Gasteiger partial charge in [0.25, 0.3) is 12.3 Å². The fourth-order valence-corrected chi connectivity index (χ4v) is 5.02. The highest BCUT2D eigenvalue weighted by molar-refractivity contribution is 6.09. The van der Waals surface area contributed by atoms with Crippen LogP contribution in [0.1, 0.15) is 67.1 Å². The summed E-state index contributed by atoms with van der Waals surface area (Å²) in [5, 5.41) is 5.51. The average molecular weight is 530 g/mol. The van der Waals surface area contributed by atoms with Crippen LogP contribution in [-0.4, -0.2) is 51.6 Å². The number of carbonyl (C=O) groups is 2. The first-order valence-electron chi connectivity index (χ1n) is 12.8. The van der Waals surface area contributed by atoms with Gasteiger partial charge in [-0.15, -0.1) is 0 Å². The van der Waals surface area contributed by atoms with Crippen molar-refractivity contribution in [3.63, 3.8) is 0 Å². The van der Waals surface area contributed by atoms with Crippen LogP contribution in [0.3, 0.4) is 0 Å². The molecule has 202 valence electrons. The monoisotopic (exact) mass is 529 g/mol. The zero-order valence-corrected chi connectivity index (χ0v) is 21.2. The van der Waals surface area contributed by atoms with E-state index in [2.05, 4.69) is 25.6 Å². The Morgan fingerprint density at radius 2 is 1.95 bits per heavy atom. The average Bonchev–Trinajstić information content (AvgIpc) is 3.63. The molecule has 2 amide bonds. The highest BCUT2D eigenvalue weighted by Gasteiger charge is 2.33. The smallest absolute Gasteiger partial charge is 0.263 e. The van der Waals surface area contributed by atoms with Crippen LogP contribution in [0.15, 0.2) is 24.5 Å². The number of rotatable bonds is 8. The first-order valence-corrected chi connectivity index (χ1v) is 12.8. The number of aromatic nitrogens is 3. The van der Waals surface area contributed by atoms with Crippen LogP contribution >= 0.6 is 0 Å². The fraction of sp³-hybridized carbons (Fsp3) is 0.481. The van der Waals surface area contributed by atoms with Gasteiger partial charge in [0.05, 0.1) is 23.7 Å². The van der Waals surface area contributed by atoms with Gasteiger partial charge in [-0.3, -0.25) is 9.59 Å². The van der Waals surface area contributed by atoms with Crippen molar-refractivity contribution in [1.82, 2.24) is 25.6 Å². The van der Waals surface area contributed by atoms with E-state index in [1.54, 1.807) is 6.92 Å². The standard InChI is InChI=1S/C27H30F3N5O3/c1-13-22(27(37)35-17-6-7-20(19(28)10-17)34-14(2)36)24-25(33-13)23(31-12-32-24)18-9-16(26(29)30)5-8-21(18)38-11-15-3-4-15/h5,8-9,12,15,17,19-20,26,33H,3-4,6-7,10-11H2,1-2H3,(H,34,36)(H,35,37)/t17-,19-,20-/m0/s1. The number of halogens is 3. The van der Waals surface area contributed by atoms with Gasteiger partial charge in [-0.1, -0.05) is 0 Å². The van der Waals surface area contributed by atoms with Gasteiger partial charge in [0.2, 0.25) is 5.91 Å². The molecule has 8 nitrogen and oxygen atoms in total. The van der Waals surface area contributed by atoms with Crippen LogP contribution in [0, 0.1) is 12.8 Å². The zero-order chi connectivity index (χ0) is 27.0. The van der Waals surface area contributed by atoms with Gasteiger partial charge in [0.1, 0.15) is 29.5 Å². The molecular weight excluding hydrogens is 499 g/mol. The molecule has 2 fully saturated rings. The minimum atomic E-state index is -2.67. The van der Waals surface area contributed by atoms with Crippen molar-refractivity contribution in [1.29, 1.82) is 0 Å². The minimum Gasteiger partial charge on any atom is -0.493 e. The molecule has 3 N–H and O–H groups in total. The number of nitrogens with zero attached hydrogens (tertiary/aromatic N) is 2. The summed E-state index contributed by atoms with van der Waals surface area (Å²) in [6.07, 6.45) is 0.513. The summed E-state index contributed by atoms with van der Waals surface area (Å²) >= 11 is 0. The lowest BCUT2D eigenvalue weighted by Crippen LogP contribution is -2.49. The predicted octanol–water partition coefficient (Wildman–Crippen LogP) is 4.78. The number of ether oxygens (including phenoxy) is 1. The highest BCUT2D eigenvalue weighted by atomic mass is 19.3. The maximum Gasteiger partial charge on any atom is 0.263 e. The quantitative estimate of drug-likeness (QED) is 0.389. The number of nitrogens with one attached hydrogen (secondary N) is 3. The van der Waals surface area contributed by atoms with Gasteiger partial charge in [-0.05, 0) is 56.7 Å². The molecule has 0 bridgehead atoms. The fourth-order valence-electron chi connectivity index (χ4n) is 5.02. The summed E-state index contributed by atoms with van der Waals surface area (Å²) < 4.78 is 47.7. The number of aryl methyl sites for hydroxylation is 1. The maximum atomic E-state index is 14.6. The first-order chi connectivity index (χ1) is 18.2. The Bertz CT molecular complexity index is 1360. The molecule has 11 heteroatoms. The van der Waals surface area contributed by atoms with Gasteiger partial charge in [0.15, 0.2) is 0 Å². The van der Waals surface area contributed by atoms with E-state index in [4.69, 9.17) is 4.74 Å². The lowest BCUT2D eigenvalue weighted by Gasteiger charge is -2.32. The number of hydrogen-bond acceptors (Lipinski definition) is 5. The molecule has 2 heterocycles. The van der Waals surface area contributed by atoms with Crippen molar-refractivity contribution in [2.45, 2.75) is 70.6 Å². The van der Waals surface area contributed by atoms with Crippen molar-refractivity contribution in [2.75, 3.05) is 6.61 Å². The molecule has 3 aromatic rings. The molecule has 2 aliphatic carbocycles. The molecule has 0 aliphatic heterocycles. The van der Waals surface area contributed by atoms with Crippen LogP contribution in [0.5, 0.6) is 5.75 Å². The predicted molar refractivity (Wildman–Crippen MR) is 135 cm³/mol. The van der Waals surface area contributed by atoms with E-state index in [0.29, 0.717) is 59.1 Å². The molecule has 3 atom stereocenters. The summed E-state index contributed by atoms with van der Waals surface area (Å²) in [4.78, 5) is 36.4. The molecule has 38 heavy (non-hydrogen) atoms. The number of benzene rings is 1. The van der Waals surface area contributed by atoms with Crippen LogP contribution in [0.25, 0.3) is 22.3 Å². The third-order valence-electron chi connectivity index (χ3n) is 7.18. The molecule has 2 aromatic heterocycles. The van der Waals surface area contributed by atoms with Crippen molar-refractivity contribution >= 4 is 22.8 Å². The van der Waals surface area contributed by atoms with Crippen LogP contribution in [0.4, 0.5) is 13.2 Å².